The van der Waals surface area contributed by atoms with Crippen molar-refractivity contribution in [2.24, 2.45) is 0 Å². The monoisotopic (exact) mass is 483 g/mol. The van der Waals surface area contributed by atoms with Crippen molar-refractivity contribution >= 4 is 50.7 Å². The molecule has 1 N–H and O–H groups in total. The topological polar surface area (TPSA) is 78.4 Å². The van der Waals surface area contributed by atoms with Crippen molar-refractivity contribution in [1.82, 2.24) is 19.8 Å². The van der Waals surface area contributed by atoms with E-state index in [1.165, 1.54) is 11.3 Å². The van der Waals surface area contributed by atoms with Crippen LogP contribution in [0.25, 0.3) is 10.2 Å². The summed E-state index contributed by atoms with van der Waals surface area (Å²) >= 11 is 7.60. The Balaban J connectivity index is 1.22. The third kappa shape index (κ3) is 4.60. The fraction of sp³-hybridized carbons (Fsp3) is 0.417. The third-order valence-corrected chi connectivity index (χ3v) is 7.80. The Morgan fingerprint density at radius 2 is 1.85 bits per heavy atom. The summed E-state index contributed by atoms with van der Waals surface area (Å²) in [6, 6.07) is 7.19. The van der Waals surface area contributed by atoms with Gasteiger partial charge in [0.15, 0.2) is 0 Å². The van der Waals surface area contributed by atoms with E-state index in [0.717, 1.165) is 45.0 Å². The smallest absolute Gasteiger partial charge is 0.264 e. The second-order valence-corrected chi connectivity index (χ2v) is 10.2. The first-order valence-electron chi connectivity index (χ1n) is 11.2. The van der Waals surface area contributed by atoms with E-state index >= 15 is 0 Å². The van der Waals surface area contributed by atoms with E-state index in [4.69, 9.17) is 21.6 Å². The van der Waals surface area contributed by atoms with Crippen molar-refractivity contribution in [2.45, 2.75) is 32.6 Å². The average molecular weight is 484 g/mol. The number of nitrogens with zero attached hydrogens (tertiary/aromatic N) is 4. The average Bonchev–Trinajstić information content (AvgIpc) is 3.59. The van der Waals surface area contributed by atoms with Gasteiger partial charge in [0.05, 0.1) is 27.8 Å². The van der Waals surface area contributed by atoms with Crippen molar-refractivity contribution in [3.05, 3.63) is 51.2 Å². The third-order valence-electron chi connectivity index (χ3n) is 6.30. The molecule has 5 rings (SSSR count). The van der Waals surface area contributed by atoms with Gasteiger partial charge in [-0.15, -0.1) is 11.3 Å². The summed E-state index contributed by atoms with van der Waals surface area (Å²) < 4.78 is 0. The molecule has 3 aromatic rings. The van der Waals surface area contributed by atoms with Crippen molar-refractivity contribution < 1.29 is 9.59 Å². The number of piperazine rings is 1. The molecule has 1 aliphatic carbocycles. The predicted molar refractivity (Wildman–Crippen MR) is 131 cm³/mol. The second-order valence-electron chi connectivity index (χ2n) is 8.77. The highest BCUT2D eigenvalue weighted by atomic mass is 35.5. The SMILES string of the molecule is Cc1nc(C2CC2)nc2sc(C(=O)N3CCN(CC(=O)Nc4ccccc4Cl)CC3)c(C)c12. The Bertz CT molecular complexity index is 1230. The number of anilines is 1. The molecular formula is C24H26ClN5O2S. The van der Waals surface area contributed by atoms with Crippen LogP contribution in [0.15, 0.2) is 24.3 Å². The summed E-state index contributed by atoms with van der Waals surface area (Å²) in [4.78, 5) is 40.8. The van der Waals surface area contributed by atoms with E-state index in [1.807, 2.05) is 30.9 Å². The van der Waals surface area contributed by atoms with Gasteiger partial charge in [-0.2, -0.15) is 0 Å². The number of aryl methyl sites for hydroxylation is 2. The van der Waals surface area contributed by atoms with E-state index in [1.54, 1.807) is 12.1 Å². The number of carbonyl (C=O) groups excluding carboxylic acids is 2. The molecule has 2 amide bonds. The molecule has 0 bridgehead atoms. The quantitative estimate of drug-likeness (QED) is 0.587. The summed E-state index contributed by atoms with van der Waals surface area (Å²) in [5.41, 5.74) is 2.55. The van der Waals surface area contributed by atoms with Crippen molar-refractivity contribution in [1.29, 1.82) is 0 Å². The Labute approximate surface area is 201 Å². The fourth-order valence-electron chi connectivity index (χ4n) is 4.30. The molecule has 2 fully saturated rings. The van der Waals surface area contributed by atoms with E-state index in [0.29, 0.717) is 42.8 Å². The molecule has 33 heavy (non-hydrogen) atoms. The number of hydrogen-bond donors (Lipinski definition) is 1. The van der Waals surface area contributed by atoms with Gasteiger partial charge in [0.1, 0.15) is 10.7 Å². The molecule has 0 radical (unpaired) electrons. The molecular weight excluding hydrogens is 458 g/mol. The number of nitrogens with one attached hydrogen (secondary N) is 1. The van der Waals surface area contributed by atoms with Gasteiger partial charge in [0.25, 0.3) is 5.91 Å². The molecule has 0 unspecified atom stereocenters. The highest BCUT2D eigenvalue weighted by Gasteiger charge is 2.30. The number of rotatable bonds is 5. The molecule has 172 valence electrons. The van der Waals surface area contributed by atoms with E-state index in [9.17, 15) is 9.59 Å². The van der Waals surface area contributed by atoms with Crippen LogP contribution in [0.4, 0.5) is 5.69 Å². The van der Waals surface area contributed by atoms with Gasteiger partial charge in [0, 0.05) is 37.5 Å². The maximum Gasteiger partial charge on any atom is 0.264 e. The van der Waals surface area contributed by atoms with Crippen molar-refractivity contribution in [2.75, 3.05) is 38.0 Å². The van der Waals surface area contributed by atoms with Crippen molar-refractivity contribution in [3.8, 4) is 0 Å². The summed E-state index contributed by atoms with van der Waals surface area (Å²) in [6.07, 6.45) is 2.31. The number of thiophene rings is 1. The number of aromatic nitrogens is 2. The summed E-state index contributed by atoms with van der Waals surface area (Å²) in [6.45, 7) is 6.75. The van der Waals surface area contributed by atoms with Crippen LogP contribution in [0.5, 0.6) is 0 Å². The van der Waals surface area contributed by atoms with E-state index < -0.39 is 0 Å². The van der Waals surface area contributed by atoms with E-state index in [2.05, 4.69) is 10.2 Å². The van der Waals surface area contributed by atoms with Gasteiger partial charge in [-0.25, -0.2) is 9.97 Å². The van der Waals surface area contributed by atoms with Crippen LogP contribution < -0.4 is 5.32 Å². The van der Waals surface area contributed by atoms with Gasteiger partial charge in [0.2, 0.25) is 5.91 Å². The second kappa shape index (κ2) is 9.00. The lowest BCUT2D eigenvalue weighted by atomic mass is 10.1. The lowest BCUT2D eigenvalue weighted by Crippen LogP contribution is -2.50. The lowest BCUT2D eigenvalue weighted by Gasteiger charge is -2.34. The Morgan fingerprint density at radius 1 is 1.12 bits per heavy atom. The number of halogens is 1. The zero-order valence-corrected chi connectivity index (χ0v) is 20.3. The van der Waals surface area contributed by atoms with Gasteiger partial charge < -0.3 is 10.2 Å². The minimum atomic E-state index is -0.108. The molecule has 0 atom stereocenters. The fourth-order valence-corrected chi connectivity index (χ4v) is 5.69. The maximum absolute atomic E-state index is 13.3. The number of benzene rings is 1. The molecule has 1 aromatic carbocycles. The standard InChI is InChI=1S/C24H26ClN5O2S/c1-14-20-15(2)26-22(16-7-8-16)28-23(20)33-21(14)24(32)30-11-9-29(10-12-30)13-19(31)27-18-6-4-3-5-17(18)25/h3-6,16H,7-13H2,1-2H3,(H,27,31). The van der Waals surface area contributed by atoms with Gasteiger partial charge in [-0.05, 0) is 44.4 Å². The van der Waals surface area contributed by atoms with Crippen LogP contribution >= 0.6 is 22.9 Å². The molecule has 2 aromatic heterocycles. The number of para-hydroxylation sites is 1. The predicted octanol–water partition coefficient (Wildman–Crippen LogP) is 4.24. The van der Waals surface area contributed by atoms with Crippen LogP contribution in [0, 0.1) is 13.8 Å². The number of amides is 2. The number of carbonyl (C=O) groups is 2. The van der Waals surface area contributed by atoms with Crippen LogP contribution in [0.3, 0.4) is 0 Å². The zero-order chi connectivity index (χ0) is 23.1. The first-order chi connectivity index (χ1) is 15.9. The Hall–Kier alpha value is -2.55. The molecule has 1 aliphatic heterocycles. The van der Waals surface area contributed by atoms with E-state index in [-0.39, 0.29) is 18.4 Å². The normalized spacial score (nSPS) is 16.9. The highest BCUT2D eigenvalue weighted by Crippen LogP contribution is 2.40. The molecule has 7 nitrogen and oxygen atoms in total. The highest BCUT2D eigenvalue weighted by molar-refractivity contribution is 7.20. The van der Waals surface area contributed by atoms with Crippen LogP contribution in [0.2, 0.25) is 5.02 Å². The Morgan fingerprint density at radius 3 is 2.55 bits per heavy atom. The molecule has 0 spiro atoms. The molecule has 3 heterocycles. The van der Waals surface area contributed by atoms with Gasteiger partial charge >= 0.3 is 0 Å². The first kappa shape index (κ1) is 22.3. The van der Waals surface area contributed by atoms with Crippen LogP contribution in [0.1, 0.15) is 45.5 Å². The first-order valence-corrected chi connectivity index (χ1v) is 12.4. The minimum Gasteiger partial charge on any atom is -0.335 e. The zero-order valence-electron chi connectivity index (χ0n) is 18.7. The molecule has 1 saturated carbocycles. The molecule has 9 heteroatoms. The van der Waals surface area contributed by atoms with Crippen molar-refractivity contribution in [3.63, 3.8) is 0 Å². The molecule has 1 saturated heterocycles. The lowest BCUT2D eigenvalue weighted by molar-refractivity contribution is -0.117. The molecule has 2 aliphatic rings. The van der Waals surface area contributed by atoms with Crippen LogP contribution in [-0.4, -0.2) is 64.3 Å². The van der Waals surface area contributed by atoms with Gasteiger partial charge in [-0.1, -0.05) is 23.7 Å². The van der Waals surface area contributed by atoms with Crippen LogP contribution in [-0.2, 0) is 4.79 Å². The summed E-state index contributed by atoms with van der Waals surface area (Å²) in [5.74, 6) is 1.34. The Kier molecular flexibility index (Phi) is 6.07. The largest absolute Gasteiger partial charge is 0.335 e. The van der Waals surface area contributed by atoms with Gasteiger partial charge in [-0.3, -0.25) is 14.5 Å². The minimum absolute atomic E-state index is 0.0445. The number of fused-ring (bicyclic) bond motifs is 1. The summed E-state index contributed by atoms with van der Waals surface area (Å²) in [7, 11) is 0. The maximum atomic E-state index is 13.3. The number of hydrogen-bond acceptors (Lipinski definition) is 6. The summed E-state index contributed by atoms with van der Waals surface area (Å²) in [5, 5.41) is 4.39.